The standard InChI is InChI=1S/C21H33N3O.HI/c1-6-22-20(23-13-15(3)16-9-7-14(2)8-10-16)24-18-17-11-12-25-19(17)21(18,4)5;/h7-10,15,17-19H,6,11-13H2,1-5H3,(H2,22,23,24);1H. The van der Waals surface area contributed by atoms with Crippen molar-refractivity contribution in [3.05, 3.63) is 35.4 Å². The Kier molecular flexibility index (Phi) is 7.36. The van der Waals surface area contributed by atoms with Gasteiger partial charge in [-0.3, -0.25) is 4.99 Å². The van der Waals surface area contributed by atoms with E-state index < -0.39 is 0 Å². The van der Waals surface area contributed by atoms with Gasteiger partial charge in [0.05, 0.1) is 6.10 Å². The van der Waals surface area contributed by atoms with Crippen LogP contribution in [0.25, 0.3) is 0 Å². The van der Waals surface area contributed by atoms with E-state index in [1.807, 2.05) is 0 Å². The molecule has 2 N–H and O–H groups in total. The van der Waals surface area contributed by atoms with Crippen LogP contribution in [0.4, 0.5) is 0 Å². The fraction of sp³-hybridized carbons (Fsp3) is 0.667. The van der Waals surface area contributed by atoms with E-state index in [-0.39, 0.29) is 29.4 Å². The minimum absolute atomic E-state index is 0. The zero-order chi connectivity index (χ0) is 18.0. The number of fused-ring (bicyclic) bond motifs is 1. The second-order valence-electron chi connectivity index (χ2n) is 8.22. The topological polar surface area (TPSA) is 45.7 Å². The van der Waals surface area contributed by atoms with Gasteiger partial charge in [-0.15, -0.1) is 24.0 Å². The minimum atomic E-state index is 0. The number of hydrogen-bond donors (Lipinski definition) is 2. The molecular formula is C21H34IN3O. The van der Waals surface area contributed by atoms with Crippen LogP contribution in [0.1, 0.15) is 51.2 Å². The normalized spacial score (nSPS) is 27.7. The molecule has 0 aromatic heterocycles. The van der Waals surface area contributed by atoms with Gasteiger partial charge in [0.1, 0.15) is 0 Å². The molecule has 4 unspecified atom stereocenters. The fourth-order valence-electron chi connectivity index (χ4n) is 4.31. The number of hydrogen-bond acceptors (Lipinski definition) is 2. The Bertz CT molecular complexity index is 614. The lowest BCUT2D eigenvalue weighted by Crippen LogP contribution is -2.68. The molecule has 2 fully saturated rings. The summed E-state index contributed by atoms with van der Waals surface area (Å²) in [6.45, 7) is 13.7. The number of halogens is 1. The summed E-state index contributed by atoms with van der Waals surface area (Å²) in [5.41, 5.74) is 2.81. The van der Waals surface area contributed by atoms with Crippen molar-refractivity contribution in [2.45, 2.75) is 59.1 Å². The Hall–Kier alpha value is -0.820. The van der Waals surface area contributed by atoms with E-state index >= 15 is 0 Å². The first-order valence-corrected chi connectivity index (χ1v) is 9.66. The summed E-state index contributed by atoms with van der Waals surface area (Å²) in [5, 5.41) is 7.10. The van der Waals surface area contributed by atoms with Gasteiger partial charge in [-0.1, -0.05) is 50.6 Å². The molecule has 2 aliphatic rings. The Morgan fingerprint density at radius 2 is 2.00 bits per heavy atom. The Morgan fingerprint density at radius 1 is 1.31 bits per heavy atom. The number of guanidine groups is 1. The highest BCUT2D eigenvalue weighted by Crippen LogP contribution is 2.52. The Morgan fingerprint density at radius 3 is 2.65 bits per heavy atom. The van der Waals surface area contributed by atoms with Gasteiger partial charge in [0, 0.05) is 43.0 Å². The van der Waals surface area contributed by atoms with Crippen molar-refractivity contribution in [3.8, 4) is 0 Å². The number of ether oxygens (including phenoxy) is 1. The van der Waals surface area contributed by atoms with Gasteiger partial charge in [0.2, 0.25) is 0 Å². The van der Waals surface area contributed by atoms with Gasteiger partial charge in [-0.05, 0) is 25.8 Å². The number of nitrogens with zero attached hydrogens (tertiary/aromatic N) is 1. The van der Waals surface area contributed by atoms with Crippen LogP contribution in [-0.2, 0) is 4.74 Å². The Balaban J connectivity index is 0.00000243. The number of aryl methyl sites for hydroxylation is 1. The lowest BCUT2D eigenvalue weighted by atomic mass is 9.57. The lowest BCUT2D eigenvalue weighted by molar-refractivity contribution is -0.106. The predicted molar refractivity (Wildman–Crippen MR) is 120 cm³/mol. The number of nitrogens with one attached hydrogen (secondary N) is 2. The lowest BCUT2D eigenvalue weighted by Gasteiger charge is -2.54. The molecule has 1 saturated heterocycles. The third-order valence-corrected chi connectivity index (χ3v) is 5.91. The second-order valence-corrected chi connectivity index (χ2v) is 8.22. The fourth-order valence-corrected chi connectivity index (χ4v) is 4.31. The van der Waals surface area contributed by atoms with Crippen LogP contribution in [0.5, 0.6) is 0 Å². The van der Waals surface area contributed by atoms with Crippen molar-refractivity contribution < 1.29 is 4.74 Å². The largest absolute Gasteiger partial charge is 0.377 e. The van der Waals surface area contributed by atoms with E-state index in [1.54, 1.807) is 0 Å². The molecule has 0 bridgehead atoms. The van der Waals surface area contributed by atoms with Crippen molar-refractivity contribution in [2.24, 2.45) is 16.3 Å². The average molecular weight is 471 g/mol. The van der Waals surface area contributed by atoms with Crippen molar-refractivity contribution in [1.29, 1.82) is 0 Å². The van der Waals surface area contributed by atoms with Crippen LogP contribution in [0, 0.1) is 18.3 Å². The van der Waals surface area contributed by atoms with Gasteiger partial charge in [0.25, 0.3) is 0 Å². The molecule has 1 aliphatic heterocycles. The van der Waals surface area contributed by atoms with Gasteiger partial charge >= 0.3 is 0 Å². The zero-order valence-corrected chi connectivity index (χ0v) is 19.0. The molecule has 1 saturated carbocycles. The van der Waals surface area contributed by atoms with Gasteiger partial charge in [-0.2, -0.15) is 0 Å². The molecule has 0 radical (unpaired) electrons. The summed E-state index contributed by atoms with van der Waals surface area (Å²) < 4.78 is 5.90. The van der Waals surface area contributed by atoms with E-state index in [0.29, 0.717) is 24.0 Å². The summed E-state index contributed by atoms with van der Waals surface area (Å²) in [6.07, 6.45) is 1.56. The first-order chi connectivity index (χ1) is 11.9. The first kappa shape index (κ1) is 21.5. The molecule has 5 heteroatoms. The van der Waals surface area contributed by atoms with Crippen LogP contribution in [0.3, 0.4) is 0 Å². The molecule has 3 rings (SSSR count). The van der Waals surface area contributed by atoms with Crippen LogP contribution in [0.2, 0.25) is 0 Å². The molecule has 4 nitrogen and oxygen atoms in total. The molecule has 1 heterocycles. The third kappa shape index (κ3) is 4.35. The van der Waals surface area contributed by atoms with Gasteiger partial charge in [-0.25, -0.2) is 0 Å². The first-order valence-electron chi connectivity index (χ1n) is 9.66. The van der Waals surface area contributed by atoms with Crippen LogP contribution < -0.4 is 10.6 Å². The SMILES string of the molecule is CCNC(=NCC(C)c1ccc(C)cc1)NC1C2CCOC2C1(C)C.I. The number of aliphatic imine (C=N–C) groups is 1. The maximum atomic E-state index is 5.90. The molecular weight excluding hydrogens is 437 g/mol. The van der Waals surface area contributed by atoms with Crippen molar-refractivity contribution >= 4 is 29.9 Å². The highest BCUT2D eigenvalue weighted by Gasteiger charge is 2.59. The molecule has 146 valence electrons. The number of rotatable bonds is 5. The van der Waals surface area contributed by atoms with Crippen LogP contribution >= 0.6 is 24.0 Å². The van der Waals surface area contributed by atoms with Crippen LogP contribution in [0.15, 0.2) is 29.3 Å². The molecule has 0 amide bonds. The number of benzene rings is 1. The summed E-state index contributed by atoms with van der Waals surface area (Å²) in [7, 11) is 0. The maximum Gasteiger partial charge on any atom is 0.191 e. The summed E-state index contributed by atoms with van der Waals surface area (Å²) >= 11 is 0. The van der Waals surface area contributed by atoms with Crippen molar-refractivity contribution in [2.75, 3.05) is 19.7 Å². The summed E-state index contributed by atoms with van der Waals surface area (Å²) in [6, 6.07) is 9.22. The average Bonchev–Trinajstić information content (AvgIpc) is 3.04. The molecule has 26 heavy (non-hydrogen) atoms. The molecule has 1 aliphatic carbocycles. The highest BCUT2D eigenvalue weighted by molar-refractivity contribution is 14.0. The monoisotopic (exact) mass is 471 g/mol. The van der Waals surface area contributed by atoms with Crippen molar-refractivity contribution in [3.63, 3.8) is 0 Å². The summed E-state index contributed by atoms with van der Waals surface area (Å²) in [5.74, 6) is 1.96. The van der Waals surface area contributed by atoms with Gasteiger partial charge in [0.15, 0.2) is 5.96 Å². The van der Waals surface area contributed by atoms with E-state index in [4.69, 9.17) is 9.73 Å². The second kappa shape index (κ2) is 8.91. The van der Waals surface area contributed by atoms with E-state index in [9.17, 15) is 0 Å². The molecule has 1 aromatic carbocycles. The maximum absolute atomic E-state index is 5.90. The van der Waals surface area contributed by atoms with E-state index in [1.165, 1.54) is 11.1 Å². The molecule has 4 atom stereocenters. The van der Waals surface area contributed by atoms with Crippen molar-refractivity contribution in [1.82, 2.24) is 10.6 Å². The van der Waals surface area contributed by atoms with E-state index in [2.05, 4.69) is 69.5 Å². The molecule has 1 aromatic rings. The summed E-state index contributed by atoms with van der Waals surface area (Å²) in [4.78, 5) is 4.87. The quantitative estimate of drug-likeness (QED) is 0.387. The van der Waals surface area contributed by atoms with Gasteiger partial charge < -0.3 is 15.4 Å². The smallest absolute Gasteiger partial charge is 0.191 e. The van der Waals surface area contributed by atoms with Crippen LogP contribution in [-0.4, -0.2) is 37.8 Å². The molecule has 0 spiro atoms. The Labute approximate surface area is 175 Å². The highest BCUT2D eigenvalue weighted by atomic mass is 127. The predicted octanol–water partition coefficient (Wildman–Crippen LogP) is 4.09. The zero-order valence-electron chi connectivity index (χ0n) is 16.7. The third-order valence-electron chi connectivity index (χ3n) is 5.91. The minimum Gasteiger partial charge on any atom is -0.377 e. The van der Waals surface area contributed by atoms with E-state index in [0.717, 1.165) is 32.1 Å².